The Morgan fingerprint density at radius 2 is 1.94 bits per heavy atom. The van der Waals surface area contributed by atoms with Crippen LogP contribution in [-0.4, -0.2) is 30.7 Å². The van der Waals surface area contributed by atoms with Crippen LogP contribution in [0.1, 0.15) is 41.3 Å². The molecule has 2 N–H and O–H groups in total. The maximum absolute atomic E-state index is 12.9. The van der Waals surface area contributed by atoms with Gasteiger partial charge in [0, 0.05) is 31.4 Å². The van der Waals surface area contributed by atoms with Gasteiger partial charge in [-0.25, -0.2) is 4.79 Å². The molecule has 4 rings (SSSR count). The van der Waals surface area contributed by atoms with E-state index >= 15 is 0 Å². The van der Waals surface area contributed by atoms with Gasteiger partial charge < -0.3 is 19.7 Å². The van der Waals surface area contributed by atoms with Gasteiger partial charge in [0.1, 0.15) is 5.58 Å². The Kier molecular flexibility index (Phi) is 5.98. The van der Waals surface area contributed by atoms with Crippen LogP contribution in [0.5, 0.6) is 0 Å². The molecule has 1 aliphatic heterocycles. The molecule has 6 heteroatoms. The van der Waals surface area contributed by atoms with Crippen LogP contribution < -0.4 is 15.6 Å². The van der Waals surface area contributed by atoms with E-state index < -0.39 is 5.97 Å². The second-order valence-electron chi connectivity index (χ2n) is 8.45. The molecule has 1 fully saturated rings. The molecule has 3 aromatic rings. The normalized spacial score (nSPS) is 14.7. The number of hydrogen-bond acceptors (Lipinski definition) is 5. The van der Waals surface area contributed by atoms with E-state index in [2.05, 4.69) is 17.1 Å². The van der Waals surface area contributed by atoms with Gasteiger partial charge in [-0.1, -0.05) is 25.1 Å². The van der Waals surface area contributed by atoms with Crippen LogP contribution >= 0.6 is 0 Å². The first-order valence-electron chi connectivity index (χ1n) is 10.8. The van der Waals surface area contributed by atoms with E-state index in [1.54, 1.807) is 24.3 Å². The third-order valence-electron chi connectivity index (χ3n) is 6.00. The Labute approximate surface area is 181 Å². The van der Waals surface area contributed by atoms with Crippen molar-refractivity contribution >= 4 is 28.5 Å². The van der Waals surface area contributed by atoms with E-state index in [4.69, 9.17) is 4.42 Å². The number of para-hydroxylation sites is 1. The van der Waals surface area contributed by atoms with Gasteiger partial charge in [-0.05, 0) is 61.4 Å². The number of carbonyl (C=O) groups is 1. The maximum Gasteiger partial charge on any atom is 0.337 e. The van der Waals surface area contributed by atoms with Gasteiger partial charge >= 0.3 is 5.97 Å². The quantitative estimate of drug-likeness (QED) is 0.602. The van der Waals surface area contributed by atoms with Gasteiger partial charge in [-0.3, -0.25) is 4.79 Å². The average molecular weight is 421 g/mol. The second kappa shape index (κ2) is 8.84. The van der Waals surface area contributed by atoms with E-state index in [9.17, 15) is 14.7 Å². The van der Waals surface area contributed by atoms with Crippen molar-refractivity contribution in [3.8, 4) is 0 Å². The zero-order valence-corrected chi connectivity index (χ0v) is 18.0. The van der Waals surface area contributed by atoms with Crippen LogP contribution in [0.25, 0.3) is 11.0 Å². The van der Waals surface area contributed by atoms with E-state index in [0.717, 1.165) is 37.1 Å². The highest BCUT2D eigenvalue weighted by Gasteiger charge is 2.20. The van der Waals surface area contributed by atoms with Crippen LogP contribution in [0.3, 0.4) is 0 Å². The van der Waals surface area contributed by atoms with Crippen LogP contribution in [0.15, 0.2) is 51.7 Å². The lowest BCUT2D eigenvalue weighted by Gasteiger charge is -2.30. The lowest BCUT2D eigenvalue weighted by atomic mass is 9.99. The highest BCUT2D eigenvalue weighted by atomic mass is 16.4. The van der Waals surface area contributed by atoms with Crippen LogP contribution in [0, 0.1) is 12.8 Å². The molecule has 0 amide bonds. The Morgan fingerprint density at radius 3 is 2.68 bits per heavy atom. The summed E-state index contributed by atoms with van der Waals surface area (Å²) in [6, 6.07) is 12.4. The molecular weight excluding hydrogens is 392 g/mol. The Balaban J connectivity index is 1.61. The van der Waals surface area contributed by atoms with Crippen molar-refractivity contribution < 1.29 is 14.3 Å². The summed E-state index contributed by atoms with van der Waals surface area (Å²) in [5, 5.41) is 13.2. The number of nitrogens with one attached hydrogen (secondary N) is 1. The highest BCUT2D eigenvalue weighted by Crippen LogP contribution is 2.27. The number of anilines is 2. The lowest BCUT2D eigenvalue weighted by molar-refractivity contribution is 0.0698. The number of piperidine rings is 1. The van der Waals surface area contributed by atoms with Crippen molar-refractivity contribution in [1.29, 1.82) is 0 Å². The standard InChI is InChI=1S/C25H28N2O4/c1-16-8-11-27(12-9-16)23-15-22(28)20-14-17(2)13-18(24(20)31-23)7-10-26-21-6-4-3-5-19(21)25(29)30/h3-6,13-16,26H,7-12H2,1-2H3,(H,29,30). The van der Waals surface area contributed by atoms with Gasteiger partial charge in [-0.2, -0.15) is 0 Å². The molecule has 0 saturated carbocycles. The highest BCUT2D eigenvalue weighted by molar-refractivity contribution is 5.94. The van der Waals surface area contributed by atoms with Crippen molar-refractivity contribution in [2.75, 3.05) is 29.9 Å². The zero-order valence-electron chi connectivity index (χ0n) is 18.0. The lowest BCUT2D eigenvalue weighted by Crippen LogP contribution is -2.33. The second-order valence-corrected chi connectivity index (χ2v) is 8.45. The molecule has 6 nitrogen and oxygen atoms in total. The van der Waals surface area contributed by atoms with Gasteiger partial charge in [0.15, 0.2) is 11.3 Å². The van der Waals surface area contributed by atoms with Crippen molar-refractivity contribution in [2.45, 2.75) is 33.1 Å². The fourth-order valence-corrected chi connectivity index (χ4v) is 4.20. The predicted molar refractivity (Wildman–Crippen MR) is 123 cm³/mol. The maximum atomic E-state index is 12.9. The molecule has 1 aromatic heterocycles. The fourth-order valence-electron chi connectivity index (χ4n) is 4.20. The minimum Gasteiger partial charge on any atom is -0.478 e. The number of fused-ring (bicyclic) bond motifs is 1. The van der Waals surface area contributed by atoms with E-state index in [0.29, 0.717) is 41.4 Å². The van der Waals surface area contributed by atoms with Gasteiger partial charge in [-0.15, -0.1) is 0 Å². The summed E-state index contributed by atoms with van der Waals surface area (Å²) in [5.74, 6) is 0.371. The molecule has 0 radical (unpaired) electrons. The Hall–Kier alpha value is -3.28. The monoisotopic (exact) mass is 420 g/mol. The number of hydrogen-bond donors (Lipinski definition) is 2. The molecule has 2 heterocycles. The van der Waals surface area contributed by atoms with Crippen LogP contribution in [0.2, 0.25) is 0 Å². The van der Waals surface area contributed by atoms with Gasteiger partial charge in [0.2, 0.25) is 0 Å². The summed E-state index contributed by atoms with van der Waals surface area (Å²) in [6.07, 6.45) is 2.79. The summed E-state index contributed by atoms with van der Waals surface area (Å²) >= 11 is 0. The van der Waals surface area contributed by atoms with Gasteiger partial charge in [0.05, 0.1) is 10.9 Å². The number of carboxylic acid groups (broad SMARTS) is 1. The zero-order chi connectivity index (χ0) is 22.0. The molecule has 31 heavy (non-hydrogen) atoms. The SMILES string of the molecule is Cc1cc(CCNc2ccccc2C(=O)O)c2oc(N3CCC(C)CC3)cc(=O)c2c1. The summed E-state index contributed by atoms with van der Waals surface area (Å²) in [6.45, 7) is 6.53. The summed E-state index contributed by atoms with van der Waals surface area (Å²) in [5.41, 5.74) is 3.37. The Morgan fingerprint density at radius 1 is 1.19 bits per heavy atom. The molecular formula is C25H28N2O4. The molecule has 0 aliphatic carbocycles. The van der Waals surface area contributed by atoms with E-state index in [1.807, 2.05) is 25.1 Å². The minimum absolute atomic E-state index is 0.0241. The smallest absolute Gasteiger partial charge is 0.337 e. The summed E-state index contributed by atoms with van der Waals surface area (Å²) < 4.78 is 6.27. The Bertz CT molecular complexity index is 1160. The molecule has 0 bridgehead atoms. The average Bonchev–Trinajstić information content (AvgIpc) is 2.75. The number of rotatable bonds is 6. The minimum atomic E-state index is -0.962. The topological polar surface area (TPSA) is 82.8 Å². The van der Waals surface area contributed by atoms with Gasteiger partial charge in [0.25, 0.3) is 0 Å². The molecule has 162 valence electrons. The number of carboxylic acids is 1. The fraction of sp³-hybridized carbons (Fsp3) is 0.360. The molecule has 2 aromatic carbocycles. The van der Waals surface area contributed by atoms with Crippen LogP contribution in [-0.2, 0) is 6.42 Å². The molecule has 0 unspecified atom stereocenters. The number of aryl methyl sites for hydroxylation is 1. The first-order valence-corrected chi connectivity index (χ1v) is 10.8. The van der Waals surface area contributed by atoms with Crippen molar-refractivity contribution in [2.24, 2.45) is 5.92 Å². The van der Waals surface area contributed by atoms with Crippen molar-refractivity contribution in [1.82, 2.24) is 0 Å². The predicted octanol–water partition coefficient (Wildman–Crippen LogP) is 4.69. The molecule has 1 saturated heterocycles. The molecule has 1 aliphatic rings. The third-order valence-corrected chi connectivity index (χ3v) is 6.00. The number of benzene rings is 2. The third kappa shape index (κ3) is 4.58. The number of nitrogens with zero attached hydrogens (tertiary/aromatic N) is 1. The number of aromatic carboxylic acids is 1. The van der Waals surface area contributed by atoms with Crippen molar-refractivity contribution in [3.05, 3.63) is 69.4 Å². The van der Waals surface area contributed by atoms with E-state index in [-0.39, 0.29) is 11.0 Å². The molecule has 0 spiro atoms. The van der Waals surface area contributed by atoms with Crippen LogP contribution in [0.4, 0.5) is 11.6 Å². The van der Waals surface area contributed by atoms with Crippen molar-refractivity contribution in [3.63, 3.8) is 0 Å². The largest absolute Gasteiger partial charge is 0.478 e. The summed E-state index contributed by atoms with van der Waals surface area (Å²) in [4.78, 5) is 26.4. The molecule has 0 atom stereocenters. The first-order chi connectivity index (χ1) is 14.9. The van der Waals surface area contributed by atoms with E-state index in [1.165, 1.54) is 0 Å². The summed E-state index contributed by atoms with van der Waals surface area (Å²) in [7, 11) is 0. The first kappa shape index (κ1) is 21.0.